The van der Waals surface area contributed by atoms with Gasteiger partial charge in [0, 0.05) is 49.6 Å². The summed E-state index contributed by atoms with van der Waals surface area (Å²) in [5, 5.41) is 9.61. The van der Waals surface area contributed by atoms with Gasteiger partial charge in [0.2, 0.25) is 5.91 Å². The normalized spacial score (nSPS) is 15.6. The maximum Gasteiger partial charge on any atom is 0.233 e. The monoisotopic (exact) mass is 425 g/mol. The number of piperidine rings is 1. The molecule has 2 aromatic carbocycles. The van der Waals surface area contributed by atoms with Crippen molar-refractivity contribution in [2.75, 3.05) is 33.7 Å². The van der Waals surface area contributed by atoms with Crippen molar-refractivity contribution in [2.24, 2.45) is 4.99 Å². The molecule has 0 radical (unpaired) electrons. The lowest BCUT2D eigenvalue weighted by Crippen LogP contribution is -2.49. The Hall–Kier alpha value is -2.51. The minimum Gasteiger partial charge on any atom is -0.358 e. The van der Waals surface area contributed by atoms with Crippen molar-refractivity contribution in [3.05, 3.63) is 60.2 Å². The van der Waals surface area contributed by atoms with E-state index in [1.54, 1.807) is 25.9 Å². The molecular weight excluding hydrogens is 394 g/mol. The van der Waals surface area contributed by atoms with Crippen LogP contribution in [-0.4, -0.2) is 56.5 Å². The number of likely N-dealkylation sites (tertiary alicyclic amines) is 1. The van der Waals surface area contributed by atoms with E-state index in [1.807, 2.05) is 6.07 Å². The third-order valence-electron chi connectivity index (χ3n) is 5.16. The first-order chi connectivity index (χ1) is 14.7. The highest BCUT2D eigenvalue weighted by molar-refractivity contribution is 7.99. The number of nitrogens with one attached hydrogen (secondary N) is 3. The van der Waals surface area contributed by atoms with Crippen LogP contribution in [0.5, 0.6) is 0 Å². The second-order valence-electron chi connectivity index (χ2n) is 7.35. The van der Waals surface area contributed by atoms with Crippen LogP contribution in [0.25, 0.3) is 0 Å². The maximum atomic E-state index is 11.5. The Morgan fingerprint density at radius 2 is 1.73 bits per heavy atom. The maximum absolute atomic E-state index is 11.5. The predicted molar refractivity (Wildman–Crippen MR) is 124 cm³/mol. The Balaban J connectivity index is 1.42. The van der Waals surface area contributed by atoms with Crippen molar-refractivity contribution in [3.63, 3.8) is 0 Å². The molecule has 1 fully saturated rings. The Morgan fingerprint density at radius 3 is 2.37 bits per heavy atom. The van der Waals surface area contributed by atoms with Gasteiger partial charge in [0.05, 0.1) is 6.54 Å². The molecule has 1 saturated heterocycles. The van der Waals surface area contributed by atoms with Crippen molar-refractivity contribution in [3.8, 4) is 0 Å². The third-order valence-corrected chi connectivity index (χ3v) is 6.18. The van der Waals surface area contributed by atoms with Gasteiger partial charge in [-0.25, -0.2) is 0 Å². The number of hydrogen-bond acceptors (Lipinski definition) is 4. The lowest BCUT2D eigenvalue weighted by atomic mass is 10.1. The van der Waals surface area contributed by atoms with E-state index in [4.69, 9.17) is 0 Å². The van der Waals surface area contributed by atoms with E-state index in [0.29, 0.717) is 12.6 Å². The molecule has 0 spiro atoms. The molecular formula is C23H31N5OS. The molecule has 0 unspecified atom stereocenters. The SMILES string of the molecule is CN=C(NCc1ccc(Sc2ccccc2)cc1)NC1CCN(CC(=O)NC)CC1. The van der Waals surface area contributed by atoms with Gasteiger partial charge in [-0.05, 0) is 42.7 Å². The van der Waals surface area contributed by atoms with E-state index in [-0.39, 0.29) is 5.91 Å². The number of aliphatic imine (C=N–C) groups is 1. The van der Waals surface area contributed by atoms with Crippen molar-refractivity contribution in [2.45, 2.75) is 35.2 Å². The molecule has 0 saturated carbocycles. The zero-order chi connectivity index (χ0) is 21.2. The van der Waals surface area contributed by atoms with Crippen LogP contribution >= 0.6 is 11.8 Å². The van der Waals surface area contributed by atoms with Crippen LogP contribution in [0, 0.1) is 0 Å². The van der Waals surface area contributed by atoms with Gasteiger partial charge in [-0.15, -0.1) is 0 Å². The Morgan fingerprint density at radius 1 is 1.07 bits per heavy atom. The van der Waals surface area contributed by atoms with Crippen LogP contribution < -0.4 is 16.0 Å². The number of carbonyl (C=O) groups is 1. The summed E-state index contributed by atoms with van der Waals surface area (Å²) in [6.45, 7) is 3.05. The van der Waals surface area contributed by atoms with Crippen molar-refractivity contribution >= 4 is 23.6 Å². The summed E-state index contributed by atoms with van der Waals surface area (Å²) < 4.78 is 0. The van der Waals surface area contributed by atoms with E-state index in [2.05, 4.69) is 74.4 Å². The highest BCUT2D eigenvalue weighted by Crippen LogP contribution is 2.27. The molecule has 1 aliphatic rings. The van der Waals surface area contributed by atoms with Crippen molar-refractivity contribution in [1.29, 1.82) is 0 Å². The summed E-state index contributed by atoms with van der Waals surface area (Å²) in [5.74, 6) is 0.898. The molecule has 1 heterocycles. The number of benzene rings is 2. The average Bonchev–Trinajstić information content (AvgIpc) is 2.79. The molecule has 0 aromatic heterocycles. The van der Waals surface area contributed by atoms with Crippen LogP contribution in [0.15, 0.2) is 69.4 Å². The first kappa shape index (κ1) is 22.2. The van der Waals surface area contributed by atoms with E-state index in [0.717, 1.165) is 38.4 Å². The van der Waals surface area contributed by atoms with Crippen LogP contribution in [0.3, 0.4) is 0 Å². The second kappa shape index (κ2) is 11.6. The molecule has 0 aliphatic carbocycles. The van der Waals surface area contributed by atoms with Crippen LogP contribution in [0.1, 0.15) is 18.4 Å². The first-order valence-electron chi connectivity index (χ1n) is 10.4. The zero-order valence-electron chi connectivity index (χ0n) is 17.7. The number of nitrogens with zero attached hydrogens (tertiary/aromatic N) is 2. The Labute approximate surface area is 183 Å². The highest BCUT2D eigenvalue weighted by atomic mass is 32.2. The number of guanidine groups is 1. The van der Waals surface area contributed by atoms with Crippen molar-refractivity contribution in [1.82, 2.24) is 20.9 Å². The third kappa shape index (κ3) is 7.07. The molecule has 6 nitrogen and oxygen atoms in total. The van der Waals surface area contributed by atoms with Gasteiger partial charge in [-0.1, -0.05) is 42.1 Å². The molecule has 160 valence electrons. The molecule has 0 bridgehead atoms. The number of hydrogen-bond donors (Lipinski definition) is 3. The summed E-state index contributed by atoms with van der Waals surface area (Å²) in [7, 11) is 3.48. The van der Waals surface area contributed by atoms with Gasteiger partial charge in [0.15, 0.2) is 5.96 Å². The quantitative estimate of drug-likeness (QED) is 0.470. The molecule has 7 heteroatoms. The summed E-state index contributed by atoms with van der Waals surface area (Å²) >= 11 is 1.77. The zero-order valence-corrected chi connectivity index (χ0v) is 18.5. The number of rotatable bonds is 7. The van der Waals surface area contributed by atoms with Gasteiger partial charge >= 0.3 is 0 Å². The topological polar surface area (TPSA) is 68.8 Å². The van der Waals surface area contributed by atoms with Crippen LogP contribution in [0.2, 0.25) is 0 Å². The molecule has 1 aliphatic heterocycles. The molecule has 2 aromatic rings. The van der Waals surface area contributed by atoms with Crippen LogP contribution in [0.4, 0.5) is 0 Å². The number of likely N-dealkylation sites (N-methyl/N-ethyl adjacent to an activating group) is 1. The minimum absolute atomic E-state index is 0.0760. The highest BCUT2D eigenvalue weighted by Gasteiger charge is 2.21. The van der Waals surface area contributed by atoms with E-state index in [1.165, 1.54) is 15.4 Å². The average molecular weight is 426 g/mol. The predicted octanol–water partition coefficient (Wildman–Crippen LogP) is 2.71. The Bertz CT molecular complexity index is 817. The van der Waals surface area contributed by atoms with Gasteiger partial charge in [-0.3, -0.25) is 14.7 Å². The molecule has 3 rings (SSSR count). The van der Waals surface area contributed by atoms with E-state index < -0.39 is 0 Å². The number of amides is 1. The Kier molecular flexibility index (Phi) is 8.59. The van der Waals surface area contributed by atoms with Gasteiger partial charge in [0.1, 0.15) is 0 Å². The summed E-state index contributed by atoms with van der Waals surface area (Å²) in [4.78, 5) is 20.6. The van der Waals surface area contributed by atoms with Crippen LogP contribution in [-0.2, 0) is 11.3 Å². The molecule has 3 N–H and O–H groups in total. The summed E-state index contributed by atoms with van der Waals surface area (Å²) in [5.41, 5.74) is 1.22. The number of carbonyl (C=O) groups excluding carboxylic acids is 1. The van der Waals surface area contributed by atoms with E-state index >= 15 is 0 Å². The fourth-order valence-corrected chi connectivity index (χ4v) is 4.23. The largest absolute Gasteiger partial charge is 0.358 e. The fourth-order valence-electron chi connectivity index (χ4n) is 3.39. The van der Waals surface area contributed by atoms with Crippen molar-refractivity contribution < 1.29 is 4.79 Å². The lowest BCUT2D eigenvalue weighted by Gasteiger charge is -2.32. The van der Waals surface area contributed by atoms with E-state index in [9.17, 15) is 4.79 Å². The van der Waals surface area contributed by atoms with Gasteiger partial charge in [0.25, 0.3) is 0 Å². The molecule has 1 amide bonds. The second-order valence-corrected chi connectivity index (χ2v) is 8.50. The molecule has 30 heavy (non-hydrogen) atoms. The summed E-state index contributed by atoms with van der Waals surface area (Å²) in [6.07, 6.45) is 2.01. The fraction of sp³-hybridized carbons (Fsp3) is 0.391. The first-order valence-corrected chi connectivity index (χ1v) is 11.2. The van der Waals surface area contributed by atoms with Gasteiger partial charge < -0.3 is 16.0 Å². The molecule has 0 atom stereocenters. The van der Waals surface area contributed by atoms with Gasteiger partial charge in [-0.2, -0.15) is 0 Å². The smallest absolute Gasteiger partial charge is 0.233 e. The standard InChI is InChI=1S/C23H31N5OS/c1-24-22(29)17-28-14-12-19(13-15-28)27-23(25-2)26-16-18-8-10-21(11-9-18)30-20-6-4-3-5-7-20/h3-11,19H,12-17H2,1-2H3,(H,24,29)(H2,25,26,27). The lowest BCUT2D eigenvalue weighted by molar-refractivity contribution is -0.122. The summed E-state index contributed by atoms with van der Waals surface area (Å²) in [6, 6.07) is 19.4. The minimum atomic E-state index is 0.0760.